The van der Waals surface area contributed by atoms with Gasteiger partial charge in [-0.25, -0.2) is 9.67 Å². The van der Waals surface area contributed by atoms with Crippen LogP contribution in [0, 0.1) is 0 Å². The Hall–Kier alpha value is -4.05. The van der Waals surface area contributed by atoms with Crippen molar-refractivity contribution in [3.8, 4) is 17.0 Å². The summed E-state index contributed by atoms with van der Waals surface area (Å²) in [6.45, 7) is 0.637. The van der Waals surface area contributed by atoms with E-state index in [0.29, 0.717) is 41.5 Å². The lowest BCUT2D eigenvalue weighted by Gasteiger charge is -2.22. The van der Waals surface area contributed by atoms with Crippen LogP contribution in [0.2, 0.25) is 0 Å². The van der Waals surface area contributed by atoms with Crippen LogP contribution in [0.15, 0.2) is 64.4 Å². The average Bonchev–Trinajstić information content (AvgIpc) is 3.30. The number of aromatic nitrogens is 5. The van der Waals surface area contributed by atoms with Gasteiger partial charge in [0.05, 0.1) is 49.2 Å². The van der Waals surface area contributed by atoms with Gasteiger partial charge in [0.2, 0.25) is 5.95 Å². The van der Waals surface area contributed by atoms with Crippen molar-refractivity contribution >= 4 is 16.9 Å². The number of methoxy groups -OCH3 is 1. The Balaban J connectivity index is 1.49. The van der Waals surface area contributed by atoms with E-state index < -0.39 is 0 Å². The number of nitrogens with one attached hydrogen (secondary N) is 1. The molecule has 2 unspecified atom stereocenters. The van der Waals surface area contributed by atoms with Gasteiger partial charge in [0.1, 0.15) is 11.8 Å². The van der Waals surface area contributed by atoms with Crippen molar-refractivity contribution in [3.05, 3.63) is 75.6 Å². The third kappa shape index (κ3) is 3.85. The van der Waals surface area contributed by atoms with E-state index in [4.69, 9.17) is 9.47 Å². The molecular weight excluding hydrogens is 424 g/mol. The first-order valence-corrected chi connectivity index (χ1v) is 10.4. The van der Waals surface area contributed by atoms with Gasteiger partial charge in [0.15, 0.2) is 0 Å². The van der Waals surface area contributed by atoms with E-state index in [0.717, 1.165) is 5.56 Å². The summed E-state index contributed by atoms with van der Waals surface area (Å²) >= 11 is 0. The Morgan fingerprint density at radius 3 is 2.88 bits per heavy atom. The molecular formula is C23H22N6O4. The number of hydrogen-bond acceptors (Lipinski definition) is 8. The topological polar surface area (TPSA) is 113 Å². The van der Waals surface area contributed by atoms with Gasteiger partial charge in [0, 0.05) is 24.9 Å². The van der Waals surface area contributed by atoms with Crippen LogP contribution >= 0.6 is 0 Å². The highest BCUT2D eigenvalue weighted by Crippen LogP contribution is 2.24. The summed E-state index contributed by atoms with van der Waals surface area (Å²) in [5, 5.41) is 8.37. The smallest absolute Gasteiger partial charge is 0.267 e. The van der Waals surface area contributed by atoms with Crippen LogP contribution in [-0.2, 0) is 11.8 Å². The van der Waals surface area contributed by atoms with Crippen molar-refractivity contribution < 1.29 is 9.47 Å². The molecule has 0 spiro atoms. The third-order valence-corrected chi connectivity index (χ3v) is 5.75. The number of anilines is 1. The molecule has 3 aromatic heterocycles. The maximum atomic E-state index is 12.7. The van der Waals surface area contributed by atoms with Gasteiger partial charge in [-0.1, -0.05) is 12.1 Å². The molecule has 1 saturated heterocycles. The van der Waals surface area contributed by atoms with E-state index in [9.17, 15) is 9.59 Å². The molecule has 4 heterocycles. The fraction of sp³-hybridized carbons (Fsp3) is 0.261. The molecule has 10 heteroatoms. The molecule has 1 aromatic carbocycles. The van der Waals surface area contributed by atoms with E-state index in [1.807, 2.05) is 24.3 Å². The molecule has 4 aromatic rings. The van der Waals surface area contributed by atoms with E-state index >= 15 is 0 Å². The zero-order valence-corrected chi connectivity index (χ0v) is 18.1. The molecule has 5 rings (SSSR count). The standard InChI is InChI=1S/C23H22N6O4/c1-28-22(31)16-8-9-24-11-18(16)25-23(28)26-19-12-33-13-20(19)29-21(30)7-6-17(27-29)14-4-3-5-15(10-14)32-2/h3-11,19-20H,12-13H2,1-2H3,(H,25,26). The summed E-state index contributed by atoms with van der Waals surface area (Å²) < 4.78 is 13.9. The van der Waals surface area contributed by atoms with Crippen LogP contribution in [0.5, 0.6) is 5.75 Å². The fourth-order valence-electron chi connectivity index (χ4n) is 3.94. The molecule has 0 bridgehead atoms. The number of pyridine rings is 1. The zero-order valence-electron chi connectivity index (χ0n) is 18.1. The third-order valence-electron chi connectivity index (χ3n) is 5.75. The van der Waals surface area contributed by atoms with Crippen LogP contribution < -0.4 is 21.2 Å². The minimum absolute atomic E-state index is 0.185. The summed E-state index contributed by atoms with van der Waals surface area (Å²) in [4.78, 5) is 34.0. The Labute approximate surface area is 188 Å². The number of fused-ring (bicyclic) bond motifs is 1. The second kappa shape index (κ2) is 8.47. The van der Waals surface area contributed by atoms with E-state index in [1.165, 1.54) is 15.3 Å². The molecule has 168 valence electrons. The highest BCUT2D eigenvalue weighted by Gasteiger charge is 2.32. The lowest BCUT2D eigenvalue weighted by molar-refractivity contribution is 0.183. The summed E-state index contributed by atoms with van der Waals surface area (Å²) in [6.07, 6.45) is 3.11. The first-order chi connectivity index (χ1) is 16.0. The van der Waals surface area contributed by atoms with Crippen molar-refractivity contribution in [1.82, 2.24) is 24.3 Å². The van der Waals surface area contributed by atoms with Crippen LogP contribution in [0.3, 0.4) is 0 Å². The number of nitrogens with zero attached hydrogens (tertiary/aromatic N) is 5. The first-order valence-electron chi connectivity index (χ1n) is 10.4. The van der Waals surface area contributed by atoms with Gasteiger partial charge in [0.25, 0.3) is 11.1 Å². The Kier molecular flexibility index (Phi) is 5.35. The van der Waals surface area contributed by atoms with E-state index in [-0.39, 0.29) is 23.2 Å². The quantitative estimate of drug-likeness (QED) is 0.492. The molecule has 33 heavy (non-hydrogen) atoms. The Morgan fingerprint density at radius 1 is 1.15 bits per heavy atom. The number of hydrogen-bond donors (Lipinski definition) is 1. The molecule has 0 amide bonds. The first kappa shape index (κ1) is 20.8. The zero-order chi connectivity index (χ0) is 22.9. The SMILES string of the molecule is COc1cccc(-c2ccc(=O)n(C3COCC3Nc3nc4cnccc4c(=O)n3C)n2)c1. The molecule has 1 fully saturated rings. The average molecular weight is 446 g/mol. The lowest BCUT2D eigenvalue weighted by Crippen LogP contribution is -2.38. The molecule has 0 saturated carbocycles. The van der Waals surface area contributed by atoms with Crippen molar-refractivity contribution in [2.45, 2.75) is 12.1 Å². The second-order valence-corrected chi connectivity index (χ2v) is 7.78. The second-order valence-electron chi connectivity index (χ2n) is 7.78. The normalized spacial score (nSPS) is 17.9. The molecule has 0 radical (unpaired) electrons. The van der Waals surface area contributed by atoms with Gasteiger partial charge in [-0.15, -0.1) is 0 Å². The monoisotopic (exact) mass is 446 g/mol. The van der Waals surface area contributed by atoms with Gasteiger partial charge in [-0.3, -0.25) is 19.1 Å². The van der Waals surface area contributed by atoms with Crippen molar-refractivity contribution in [1.29, 1.82) is 0 Å². The summed E-state index contributed by atoms with van der Waals surface area (Å²) in [7, 11) is 3.25. The maximum Gasteiger partial charge on any atom is 0.267 e. The van der Waals surface area contributed by atoms with Crippen LogP contribution in [0.4, 0.5) is 5.95 Å². The molecule has 2 atom stereocenters. The summed E-state index contributed by atoms with van der Waals surface area (Å²) in [5.74, 6) is 1.08. The minimum Gasteiger partial charge on any atom is -0.497 e. The molecule has 1 aliphatic rings. The summed E-state index contributed by atoms with van der Waals surface area (Å²) in [6, 6.07) is 11.6. The highest BCUT2D eigenvalue weighted by molar-refractivity contribution is 5.77. The molecule has 10 nitrogen and oxygen atoms in total. The van der Waals surface area contributed by atoms with Gasteiger partial charge >= 0.3 is 0 Å². The number of ether oxygens (including phenoxy) is 2. The number of benzene rings is 1. The van der Waals surface area contributed by atoms with Gasteiger partial charge in [-0.2, -0.15) is 5.10 Å². The Bertz CT molecular complexity index is 1450. The fourth-order valence-corrected chi connectivity index (χ4v) is 3.94. The maximum absolute atomic E-state index is 12.7. The lowest BCUT2D eigenvalue weighted by atomic mass is 10.1. The van der Waals surface area contributed by atoms with Crippen LogP contribution in [-0.4, -0.2) is 50.7 Å². The highest BCUT2D eigenvalue weighted by atomic mass is 16.5. The predicted octanol–water partition coefficient (Wildman–Crippen LogP) is 1.61. The molecule has 1 aliphatic heterocycles. The minimum atomic E-state index is -0.385. The molecule has 1 N–H and O–H groups in total. The van der Waals surface area contributed by atoms with Crippen molar-refractivity contribution in [3.63, 3.8) is 0 Å². The Morgan fingerprint density at radius 2 is 2.03 bits per heavy atom. The van der Waals surface area contributed by atoms with Gasteiger partial charge < -0.3 is 14.8 Å². The number of rotatable bonds is 5. The van der Waals surface area contributed by atoms with Gasteiger partial charge in [-0.05, 0) is 24.3 Å². The molecule has 0 aliphatic carbocycles. The van der Waals surface area contributed by atoms with Crippen LogP contribution in [0.25, 0.3) is 22.2 Å². The summed E-state index contributed by atoms with van der Waals surface area (Å²) in [5.41, 5.74) is 1.54. The van der Waals surface area contributed by atoms with Crippen molar-refractivity contribution in [2.75, 3.05) is 25.6 Å². The van der Waals surface area contributed by atoms with Crippen LogP contribution in [0.1, 0.15) is 6.04 Å². The van der Waals surface area contributed by atoms with Crippen molar-refractivity contribution in [2.24, 2.45) is 7.05 Å². The largest absolute Gasteiger partial charge is 0.497 e. The van der Waals surface area contributed by atoms with E-state index in [2.05, 4.69) is 20.4 Å². The van der Waals surface area contributed by atoms with E-state index in [1.54, 1.807) is 38.7 Å². The predicted molar refractivity (Wildman–Crippen MR) is 123 cm³/mol.